The number of ether oxygens (including phenoxy) is 2. The van der Waals surface area contributed by atoms with Gasteiger partial charge in [0, 0.05) is 12.5 Å². The number of methoxy groups -OCH3 is 2. The number of thiazole rings is 1. The van der Waals surface area contributed by atoms with Crippen LogP contribution in [-0.4, -0.2) is 25.1 Å². The minimum Gasteiger partial charge on any atom is -0.493 e. The predicted molar refractivity (Wildman–Crippen MR) is 120 cm³/mol. The van der Waals surface area contributed by atoms with Gasteiger partial charge in [-0.3, -0.25) is 4.79 Å². The molecule has 30 heavy (non-hydrogen) atoms. The van der Waals surface area contributed by atoms with Crippen molar-refractivity contribution in [3.63, 3.8) is 0 Å². The molecule has 1 heterocycles. The van der Waals surface area contributed by atoms with Crippen LogP contribution in [0.2, 0.25) is 0 Å². The number of anilines is 1. The Morgan fingerprint density at radius 1 is 1.13 bits per heavy atom. The van der Waals surface area contributed by atoms with Crippen molar-refractivity contribution >= 4 is 33.9 Å². The average molecular weight is 420 g/mol. The molecule has 152 valence electrons. The van der Waals surface area contributed by atoms with Crippen molar-refractivity contribution in [2.24, 2.45) is 0 Å². The summed E-state index contributed by atoms with van der Waals surface area (Å²) in [6, 6.07) is 15.5. The monoisotopic (exact) mass is 419 g/mol. The molecule has 0 unspecified atom stereocenters. The second-order valence-corrected chi connectivity index (χ2v) is 7.53. The average Bonchev–Trinajstić information content (AvgIpc) is 3.15. The summed E-state index contributed by atoms with van der Waals surface area (Å²) in [4.78, 5) is 16.3. The minimum atomic E-state index is -0.194. The summed E-state index contributed by atoms with van der Waals surface area (Å²) >= 11 is 1.27. The van der Waals surface area contributed by atoms with Gasteiger partial charge in [0.25, 0.3) is 0 Å². The van der Waals surface area contributed by atoms with Crippen LogP contribution in [0.15, 0.2) is 42.5 Å². The highest BCUT2D eigenvalue weighted by molar-refractivity contribution is 7.17. The van der Waals surface area contributed by atoms with Gasteiger partial charge in [0.2, 0.25) is 5.91 Å². The number of aromatic nitrogens is 1. The molecule has 0 aliphatic carbocycles. The molecule has 6 nitrogen and oxygen atoms in total. The first-order chi connectivity index (χ1) is 14.4. The second-order valence-electron chi connectivity index (χ2n) is 6.53. The topological polar surface area (TPSA) is 84.2 Å². The van der Waals surface area contributed by atoms with E-state index in [0.29, 0.717) is 32.8 Å². The fraction of sp³-hybridized carbons (Fsp3) is 0.174. The number of nitrogens with zero attached hydrogens (tertiary/aromatic N) is 2. The first kappa shape index (κ1) is 21.1. The van der Waals surface area contributed by atoms with Crippen LogP contribution >= 0.6 is 11.3 Å². The zero-order valence-corrected chi connectivity index (χ0v) is 18.0. The number of carbonyl (C=O) groups is 1. The third-order valence-corrected chi connectivity index (χ3v) is 5.32. The van der Waals surface area contributed by atoms with Crippen molar-refractivity contribution in [2.45, 2.75) is 13.8 Å². The van der Waals surface area contributed by atoms with Gasteiger partial charge >= 0.3 is 0 Å². The fourth-order valence-electron chi connectivity index (χ4n) is 2.84. The Kier molecular flexibility index (Phi) is 6.50. The van der Waals surface area contributed by atoms with Crippen LogP contribution in [0.3, 0.4) is 0 Å². The molecule has 2 aromatic carbocycles. The van der Waals surface area contributed by atoms with Crippen LogP contribution in [0.5, 0.6) is 11.5 Å². The molecule has 0 saturated carbocycles. The summed E-state index contributed by atoms with van der Waals surface area (Å²) in [5.74, 6) is 0.986. The van der Waals surface area contributed by atoms with Crippen molar-refractivity contribution in [3.8, 4) is 28.8 Å². The molecule has 0 aliphatic rings. The Bertz CT molecular complexity index is 1140. The van der Waals surface area contributed by atoms with E-state index >= 15 is 0 Å². The lowest BCUT2D eigenvalue weighted by molar-refractivity contribution is -0.114. The molecule has 0 atom stereocenters. The molecule has 0 aliphatic heterocycles. The lowest BCUT2D eigenvalue weighted by Crippen LogP contribution is -2.05. The van der Waals surface area contributed by atoms with E-state index in [1.807, 2.05) is 37.3 Å². The summed E-state index contributed by atoms with van der Waals surface area (Å²) in [5, 5.41) is 13.7. The van der Waals surface area contributed by atoms with Gasteiger partial charge in [0.05, 0.1) is 19.8 Å². The van der Waals surface area contributed by atoms with E-state index in [0.717, 1.165) is 16.7 Å². The number of carbonyl (C=O) groups excluding carboxylic acids is 1. The summed E-state index contributed by atoms with van der Waals surface area (Å²) in [5.41, 5.74) is 3.80. The lowest BCUT2D eigenvalue weighted by atomic mass is 10.1. The molecule has 0 bridgehead atoms. The van der Waals surface area contributed by atoms with Crippen molar-refractivity contribution in [2.75, 3.05) is 19.5 Å². The summed E-state index contributed by atoms with van der Waals surface area (Å²) in [7, 11) is 3.13. The van der Waals surface area contributed by atoms with Gasteiger partial charge in [-0.2, -0.15) is 5.26 Å². The molecule has 0 spiro atoms. The predicted octanol–water partition coefficient (Wildman–Crippen LogP) is 5.16. The molecular weight excluding hydrogens is 398 g/mol. The normalized spacial score (nSPS) is 11.0. The van der Waals surface area contributed by atoms with Gasteiger partial charge in [-0.15, -0.1) is 0 Å². The van der Waals surface area contributed by atoms with Crippen molar-refractivity contribution in [1.29, 1.82) is 5.26 Å². The molecule has 0 radical (unpaired) electrons. The molecule has 1 N–H and O–H groups in total. The van der Waals surface area contributed by atoms with Crippen molar-refractivity contribution < 1.29 is 14.3 Å². The first-order valence-corrected chi connectivity index (χ1v) is 9.96. The Hall–Kier alpha value is -3.63. The van der Waals surface area contributed by atoms with Crippen LogP contribution in [-0.2, 0) is 4.79 Å². The maximum atomic E-state index is 11.7. The van der Waals surface area contributed by atoms with Crippen LogP contribution < -0.4 is 14.8 Å². The minimum absolute atomic E-state index is 0.194. The number of aryl methyl sites for hydroxylation is 1. The number of benzene rings is 2. The molecule has 7 heteroatoms. The Balaban J connectivity index is 2.06. The largest absolute Gasteiger partial charge is 0.493 e. The van der Waals surface area contributed by atoms with E-state index < -0.39 is 0 Å². The van der Waals surface area contributed by atoms with Crippen LogP contribution in [0, 0.1) is 18.3 Å². The summed E-state index contributed by atoms with van der Waals surface area (Å²) in [6.45, 7) is 3.45. The molecule has 1 aromatic heterocycles. The van der Waals surface area contributed by atoms with E-state index in [9.17, 15) is 10.1 Å². The third-order valence-electron chi connectivity index (χ3n) is 4.31. The second kappa shape index (κ2) is 9.25. The van der Waals surface area contributed by atoms with Crippen molar-refractivity contribution in [1.82, 2.24) is 4.98 Å². The maximum Gasteiger partial charge on any atom is 0.221 e. The number of amides is 1. The van der Waals surface area contributed by atoms with Gasteiger partial charge in [-0.05, 0) is 30.7 Å². The quantitative estimate of drug-likeness (QED) is 0.558. The first-order valence-electron chi connectivity index (χ1n) is 9.14. The van der Waals surface area contributed by atoms with Gasteiger partial charge in [-0.25, -0.2) is 4.98 Å². The van der Waals surface area contributed by atoms with Gasteiger partial charge in [-0.1, -0.05) is 47.2 Å². The number of nitriles is 1. The molecule has 0 fully saturated rings. The lowest BCUT2D eigenvalue weighted by Gasteiger charge is -2.07. The Morgan fingerprint density at radius 2 is 1.83 bits per heavy atom. The number of rotatable bonds is 6. The molecular formula is C23H21N3O3S. The zero-order chi connectivity index (χ0) is 21.7. The van der Waals surface area contributed by atoms with Crippen molar-refractivity contribution in [3.05, 3.63) is 58.6 Å². The number of nitrogens with one attached hydrogen (secondary N) is 1. The van der Waals surface area contributed by atoms with Crippen LogP contribution in [0.25, 0.3) is 22.9 Å². The van der Waals surface area contributed by atoms with Gasteiger partial charge in [0.1, 0.15) is 21.8 Å². The number of hydrogen-bond acceptors (Lipinski definition) is 6. The molecule has 1 amide bonds. The van der Waals surface area contributed by atoms with Gasteiger partial charge in [0.15, 0.2) is 11.5 Å². The van der Waals surface area contributed by atoms with E-state index in [1.54, 1.807) is 32.4 Å². The van der Waals surface area contributed by atoms with E-state index in [1.165, 1.54) is 18.3 Å². The van der Waals surface area contributed by atoms with E-state index in [-0.39, 0.29) is 5.91 Å². The molecule has 3 rings (SSSR count). The summed E-state index contributed by atoms with van der Waals surface area (Å²) < 4.78 is 10.6. The zero-order valence-electron chi connectivity index (χ0n) is 17.1. The SMILES string of the molecule is COc1ccc(/C=C(\C#N)c2nc(-c3ccc(C)cc3)c(NC(C)=O)s2)cc1OC. The van der Waals surface area contributed by atoms with Crippen LogP contribution in [0.4, 0.5) is 5.00 Å². The smallest absolute Gasteiger partial charge is 0.221 e. The Labute approximate surface area is 179 Å². The Morgan fingerprint density at radius 3 is 2.43 bits per heavy atom. The van der Waals surface area contributed by atoms with Gasteiger partial charge < -0.3 is 14.8 Å². The standard InChI is InChI=1S/C23H21N3O3S/c1-14-5-8-17(9-6-14)21-23(25-15(2)27)30-22(26-21)18(13-24)11-16-7-10-19(28-3)20(12-16)29-4/h5-12H,1-4H3,(H,25,27)/b18-11+. The maximum absolute atomic E-state index is 11.7. The highest BCUT2D eigenvalue weighted by atomic mass is 32.1. The molecule has 3 aromatic rings. The van der Waals surface area contributed by atoms with Crippen LogP contribution in [0.1, 0.15) is 23.1 Å². The fourth-order valence-corrected chi connectivity index (χ4v) is 3.84. The van der Waals surface area contributed by atoms with E-state index in [4.69, 9.17) is 9.47 Å². The summed E-state index contributed by atoms with van der Waals surface area (Å²) in [6.07, 6.45) is 1.73. The highest BCUT2D eigenvalue weighted by Gasteiger charge is 2.17. The molecule has 0 saturated heterocycles. The number of allylic oxidation sites excluding steroid dienone is 1. The highest BCUT2D eigenvalue weighted by Crippen LogP contribution is 2.37. The van der Waals surface area contributed by atoms with E-state index in [2.05, 4.69) is 16.4 Å². The third kappa shape index (κ3) is 4.67. The number of hydrogen-bond donors (Lipinski definition) is 1.